The van der Waals surface area contributed by atoms with Crippen LogP contribution in [0.1, 0.15) is 29.0 Å². The number of methoxy groups -OCH3 is 1. The smallest absolute Gasteiger partial charge is 0.258 e. The van der Waals surface area contributed by atoms with E-state index in [0.29, 0.717) is 42.8 Å². The number of likely N-dealkylation sites (tertiary alicyclic amines) is 1. The highest BCUT2D eigenvalue weighted by Gasteiger charge is 2.23. The third-order valence-corrected chi connectivity index (χ3v) is 4.64. The predicted molar refractivity (Wildman–Crippen MR) is 99.1 cm³/mol. The van der Waals surface area contributed by atoms with Gasteiger partial charge in [-0.15, -0.1) is 5.10 Å². The molecule has 8 heteroatoms. The topological polar surface area (TPSA) is 89.6 Å². The second-order valence-electron chi connectivity index (χ2n) is 6.55. The van der Waals surface area contributed by atoms with E-state index in [2.05, 4.69) is 10.4 Å². The molecule has 0 bridgehead atoms. The lowest BCUT2D eigenvalue weighted by atomic mass is 9.96. The number of furan rings is 1. The van der Waals surface area contributed by atoms with Gasteiger partial charge < -0.3 is 19.4 Å². The lowest BCUT2D eigenvalue weighted by molar-refractivity contribution is -0.127. The fourth-order valence-corrected chi connectivity index (χ4v) is 3.11. The van der Waals surface area contributed by atoms with Crippen LogP contribution >= 0.6 is 0 Å². The summed E-state index contributed by atoms with van der Waals surface area (Å²) in [7, 11) is 3.23. The van der Waals surface area contributed by atoms with Gasteiger partial charge in [0, 0.05) is 39.0 Å². The molecule has 0 radical (unpaired) electrons. The summed E-state index contributed by atoms with van der Waals surface area (Å²) in [6.45, 7) is 1.93. The fraction of sp³-hybridized carbons (Fsp3) is 0.421. The number of hydrogen-bond acceptors (Lipinski definition) is 5. The van der Waals surface area contributed by atoms with Crippen molar-refractivity contribution in [3.63, 3.8) is 0 Å². The maximum absolute atomic E-state index is 12.3. The van der Waals surface area contributed by atoms with Gasteiger partial charge in [0.25, 0.3) is 5.91 Å². The zero-order valence-corrected chi connectivity index (χ0v) is 15.6. The van der Waals surface area contributed by atoms with Gasteiger partial charge in [0.1, 0.15) is 11.3 Å². The van der Waals surface area contributed by atoms with Gasteiger partial charge in [-0.3, -0.25) is 14.3 Å². The molecule has 144 valence electrons. The van der Waals surface area contributed by atoms with Crippen molar-refractivity contribution in [3.05, 3.63) is 42.0 Å². The molecular formula is C19H24N4O4. The zero-order chi connectivity index (χ0) is 19.2. The Balaban J connectivity index is 1.44. The molecule has 27 heavy (non-hydrogen) atoms. The Morgan fingerprint density at radius 3 is 2.85 bits per heavy atom. The van der Waals surface area contributed by atoms with Gasteiger partial charge in [0.2, 0.25) is 11.8 Å². The Bertz CT molecular complexity index is 802. The summed E-state index contributed by atoms with van der Waals surface area (Å²) in [4.78, 5) is 26.4. The normalized spacial score (nSPS) is 15.3. The largest absolute Gasteiger partial charge is 0.479 e. The summed E-state index contributed by atoms with van der Waals surface area (Å²) in [6, 6.07) is 3.58. The van der Waals surface area contributed by atoms with E-state index in [-0.39, 0.29) is 11.8 Å². The SMILES string of the molecule is COc1nn(C)cc1C(=O)NCC1CCN(C(=O)C=Cc2ccco2)CC1. The van der Waals surface area contributed by atoms with E-state index < -0.39 is 0 Å². The summed E-state index contributed by atoms with van der Waals surface area (Å²) in [5.41, 5.74) is 0.427. The van der Waals surface area contributed by atoms with Gasteiger partial charge in [0.05, 0.1) is 13.4 Å². The van der Waals surface area contributed by atoms with E-state index >= 15 is 0 Å². The first-order valence-corrected chi connectivity index (χ1v) is 8.93. The fourth-order valence-electron chi connectivity index (χ4n) is 3.11. The summed E-state index contributed by atoms with van der Waals surface area (Å²) < 4.78 is 11.9. The van der Waals surface area contributed by atoms with Crippen LogP contribution in [0, 0.1) is 5.92 Å². The summed E-state index contributed by atoms with van der Waals surface area (Å²) in [6.07, 6.45) is 8.13. The number of hydrogen-bond donors (Lipinski definition) is 1. The molecule has 2 aromatic rings. The van der Waals surface area contributed by atoms with Crippen molar-refractivity contribution in [2.75, 3.05) is 26.7 Å². The van der Waals surface area contributed by atoms with E-state index in [0.717, 1.165) is 12.8 Å². The minimum atomic E-state index is -0.195. The van der Waals surface area contributed by atoms with E-state index in [9.17, 15) is 9.59 Å². The number of amides is 2. The number of nitrogens with zero attached hydrogens (tertiary/aromatic N) is 3. The van der Waals surface area contributed by atoms with E-state index in [4.69, 9.17) is 9.15 Å². The molecule has 1 saturated heterocycles. The van der Waals surface area contributed by atoms with Crippen LogP contribution in [0.4, 0.5) is 0 Å². The second-order valence-corrected chi connectivity index (χ2v) is 6.55. The van der Waals surface area contributed by atoms with Crippen LogP contribution in [-0.4, -0.2) is 53.2 Å². The predicted octanol–water partition coefficient (Wildman–Crippen LogP) is 1.70. The van der Waals surface area contributed by atoms with Crippen molar-refractivity contribution in [1.82, 2.24) is 20.0 Å². The monoisotopic (exact) mass is 372 g/mol. The summed E-state index contributed by atoms with van der Waals surface area (Å²) in [5, 5.41) is 7.03. The minimum Gasteiger partial charge on any atom is -0.479 e. The third-order valence-electron chi connectivity index (χ3n) is 4.64. The molecule has 1 aliphatic rings. The molecule has 1 aliphatic heterocycles. The zero-order valence-electron chi connectivity index (χ0n) is 15.6. The molecule has 3 heterocycles. The van der Waals surface area contributed by atoms with Crippen LogP contribution in [0.2, 0.25) is 0 Å². The Morgan fingerprint density at radius 2 is 2.19 bits per heavy atom. The van der Waals surface area contributed by atoms with Gasteiger partial charge in [-0.2, -0.15) is 0 Å². The molecule has 0 saturated carbocycles. The first kappa shape index (κ1) is 18.8. The molecule has 1 N–H and O–H groups in total. The highest BCUT2D eigenvalue weighted by molar-refractivity contribution is 5.96. The number of ether oxygens (including phenoxy) is 1. The molecule has 1 fully saturated rings. The summed E-state index contributed by atoms with van der Waals surface area (Å²) in [5.74, 6) is 1.11. The molecule has 0 aliphatic carbocycles. The Labute approximate surface area is 157 Å². The van der Waals surface area contributed by atoms with Gasteiger partial charge in [-0.25, -0.2) is 0 Å². The van der Waals surface area contributed by atoms with Crippen LogP contribution in [0.5, 0.6) is 5.88 Å². The average Bonchev–Trinajstić information content (AvgIpc) is 3.33. The Morgan fingerprint density at radius 1 is 1.41 bits per heavy atom. The molecule has 0 unspecified atom stereocenters. The molecule has 2 aromatic heterocycles. The van der Waals surface area contributed by atoms with Gasteiger partial charge in [0.15, 0.2) is 0 Å². The molecule has 2 amide bonds. The van der Waals surface area contributed by atoms with Crippen molar-refractivity contribution in [2.45, 2.75) is 12.8 Å². The Kier molecular flexibility index (Phi) is 5.95. The van der Waals surface area contributed by atoms with Crippen molar-refractivity contribution in [3.8, 4) is 5.88 Å². The molecule has 0 aromatic carbocycles. The van der Waals surface area contributed by atoms with Crippen molar-refractivity contribution < 1.29 is 18.7 Å². The van der Waals surface area contributed by atoms with E-state index in [1.54, 1.807) is 42.4 Å². The summed E-state index contributed by atoms with van der Waals surface area (Å²) >= 11 is 0. The van der Waals surface area contributed by atoms with Crippen LogP contribution < -0.4 is 10.1 Å². The maximum Gasteiger partial charge on any atom is 0.258 e. The van der Waals surface area contributed by atoms with Crippen molar-refractivity contribution in [2.24, 2.45) is 13.0 Å². The van der Waals surface area contributed by atoms with Crippen LogP contribution in [-0.2, 0) is 11.8 Å². The van der Waals surface area contributed by atoms with Crippen LogP contribution in [0.3, 0.4) is 0 Å². The molecule has 3 rings (SSSR count). The highest BCUT2D eigenvalue weighted by atomic mass is 16.5. The number of piperidine rings is 1. The first-order valence-electron chi connectivity index (χ1n) is 8.93. The standard InChI is InChI=1S/C19H24N4O4/c1-22-13-16(19(21-22)26-2)18(25)20-12-14-7-9-23(10-8-14)17(24)6-5-15-4-3-11-27-15/h3-6,11,13-14H,7-10,12H2,1-2H3,(H,20,25). The number of carbonyl (C=O) groups is 2. The molecule has 0 atom stereocenters. The second kappa shape index (κ2) is 8.57. The number of aryl methyl sites for hydroxylation is 1. The van der Waals surface area contributed by atoms with Gasteiger partial charge in [-0.1, -0.05) is 0 Å². The van der Waals surface area contributed by atoms with Gasteiger partial charge in [-0.05, 0) is 37.0 Å². The Hall–Kier alpha value is -3.03. The van der Waals surface area contributed by atoms with E-state index in [1.807, 2.05) is 4.90 Å². The van der Waals surface area contributed by atoms with Crippen LogP contribution in [0.25, 0.3) is 6.08 Å². The highest BCUT2D eigenvalue weighted by Crippen LogP contribution is 2.18. The van der Waals surface area contributed by atoms with Gasteiger partial charge >= 0.3 is 0 Å². The van der Waals surface area contributed by atoms with Crippen molar-refractivity contribution in [1.29, 1.82) is 0 Å². The molecule has 0 spiro atoms. The average molecular weight is 372 g/mol. The van der Waals surface area contributed by atoms with Crippen molar-refractivity contribution >= 4 is 17.9 Å². The number of carbonyl (C=O) groups excluding carboxylic acids is 2. The number of aromatic nitrogens is 2. The number of rotatable bonds is 6. The lowest BCUT2D eigenvalue weighted by Crippen LogP contribution is -2.41. The molecular weight excluding hydrogens is 348 g/mol. The number of nitrogens with one attached hydrogen (secondary N) is 1. The first-order chi connectivity index (χ1) is 13.1. The molecule has 8 nitrogen and oxygen atoms in total. The third kappa shape index (κ3) is 4.78. The van der Waals surface area contributed by atoms with E-state index in [1.165, 1.54) is 13.2 Å². The van der Waals surface area contributed by atoms with Crippen LogP contribution in [0.15, 0.2) is 35.1 Å². The quantitative estimate of drug-likeness (QED) is 0.780. The maximum atomic E-state index is 12.3. The lowest BCUT2D eigenvalue weighted by Gasteiger charge is -2.31. The minimum absolute atomic E-state index is 0.0195.